The lowest BCUT2D eigenvalue weighted by Crippen LogP contribution is -2.43. The lowest BCUT2D eigenvalue weighted by Gasteiger charge is -2.36. The van der Waals surface area contributed by atoms with Crippen molar-refractivity contribution in [3.05, 3.63) is 0 Å². The zero-order valence-electron chi connectivity index (χ0n) is 9.51. The lowest BCUT2D eigenvalue weighted by molar-refractivity contribution is 0.134. The summed E-state index contributed by atoms with van der Waals surface area (Å²) < 4.78 is 0. The van der Waals surface area contributed by atoms with E-state index in [9.17, 15) is 0 Å². The number of rotatable bonds is 5. The molecule has 0 bridgehead atoms. The Kier molecular flexibility index (Phi) is 6.06. The van der Waals surface area contributed by atoms with E-state index in [4.69, 9.17) is 0 Å². The van der Waals surface area contributed by atoms with Crippen LogP contribution in [0.4, 0.5) is 0 Å². The van der Waals surface area contributed by atoms with Gasteiger partial charge in [0.1, 0.15) is 0 Å². The Morgan fingerprint density at radius 2 is 2.14 bits per heavy atom. The molecule has 0 spiro atoms. The highest BCUT2D eigenvalue weighted by molar-refractivity contribution is 9.09. The molecule has 84 valence electrons. The van der Waals surface area contributed by atoms with Gasteiger partial charge in [0.05, 0.1) is 0 Å². The van der Waals surface area contributed by atoms with Crippen LogP contribution in [0.15, 0.2) is 0 Å². The fourth-order valence-electron chi connectivity index (χ4n) is 2.14. The first-order valence-electron chi connectivity index (χ1n) is 5.69. The van der Waals surface area contributed by atoms with Crippen molar-refractivity contribution in [2.45, 2.75) is 31.7 Å². The molecule has 1 atom stereocenters. The van der Waals surface area contributed by atoms with Crippen LogP contribution < -0.4 is 0 Å². The van der Waals surface area contributed by atoms with Gasteiger partial charge in [-0.2, -0.15) is 0 Å². The van der Waals surface area contributed by atoms with Crippen molar-refractivity contribution in [2.75, 3.05) is 39.1 Å². The van der Waals surface area contributed by atoms with Crippen molar-refractivity contribution < 1.29 is 0 Å². The van der Waals surface area contributed by atoms with Crippen LogP contribution in [0.25, 0.3) is 0 Å². The first kappa shape index (κ1) is 12.5. The molecule has 0 aromatic heterocycles. The highest BCUT2D eigenvalue weighted by Crippen LogP contribution is 2.19. The molecule has 0 aromatic carbocycles. The van der Waals surface area contributed by atoms with Crippen LogP contribution in [0.3, 0.4) is 0 Å². The Bertz CT molecular complexity index is 148. The third-order valence-electron chi connectivity index (χ3n) is 3.03. The van der Waals surface area contributed by atoms with Gasteiger partial charge in [-0.25, -0.2) is 0 Å². The Hall–Kier alpha value is 0.400. The van der Waals surface area contributed by atoms with Crippen LogP contribution in [0.2, 0.25) is 0 Å². The Balaban J connectivity index is 2.30. The minimum Gasteiger partial charge on any atom is -0.308 e. The predicted molar refractivity (Wildman–Crippen MR) is 66.2 cm³/mol. The molecule has 0 N–H and O–H groups in total. The van der Waals surface area contributed by atoms with Gasteiger partial charge in [-0.3, -0.25) is 4.90 Å². The van der Waals surface area contributed by atoms with Gasteiger partial charge in [0.15, 0.2) is 0 Å². The molecule has 1 saturated heterocycles. The summed E-state index contributed by atoms with van der Waals surface area (Å²) in [5, 5.41) is 1.15. The Labute approximate surface area is 96.8 Å². The third kappa shape index (κ3) is 4.28. The van der Waals surface area contributed by atoms with Crippen molar-refractivity contribution >= 4 is 15.9 Å². The van der Waals surface area contributed by atoms with Crippen molar-refractivity contribution in [2.24, 2.45) is 0 Å². The third-order valence-corrected chi connectivity index (χ3v) is 3.48. The standard InChI is InChI=1S/C11H23BrN2/c1-13(2)9-10-14-8-4-3-5-11(14)6-7-12/h11H,3-10H2,1-2H3. The quantitative estimate of drug-likeness (QED) is 0.701. The molecule has 0 aromatic rings. The molecule has 0 saturated carbocycles. The molecule has 14 heavy (non-hydrogen) atoms. The molecule has 1 aliphatic heterocycles. The minimum atomic E-state index is 0.836. The minimum absolute atomic E-state index is 0.836. The van der Waals surface area contributed by atoms with Gasteiger partial charge < -0.3 is 4.90 Å². The van der Waals surface area contributed by atoms with E-state index in [-0.39, 0.29) is 0 Å². The first-order valence-corrected chi connectivity index (χ1v) is 6.81. The number of alkyl halides is 1. The summed E-state index contributed by atoms with van der Waals surface area (Å²) in [6.45, 7) is 3.74. The van der Waals surface area contributed by atoms with Gasteiger partial charge in [0, 0.05) is 24.5 Å². The second-order valence-corrected chi connectivity index (χ2v) is 5.26. The molecule has 3 heteroatoms. The van der Waals surface area contributed by atoms with Gasteiger partial charge in [-0.05, 0) is 39.9 Å². The number of hydrogen-bond acceptors (Lipinski definition) is 2. The van der Waals surface area contributed by atoms with Crippen molar-refractivity contribution in [3.8, 4) is 0 Å². The van der Waals surface area contributed by atoms with Crippen molar-refractivity contribution in [1.82, 2.24) is 9.80 Å². The number of likely N-dealkylation sites (N-methyl/N-ethyl adjacent to an activating group) is 1. The van der Waals surface area contributed by atoms with Gasteiger partial charge in [-0.15, -0.1) is 0 Å². The SMILES string of the molecule is CN(C)CCN1CCCCC1CCBr. The maximum atomic E-state index is 3.56. The van der Waals surface area contributed by atoms with E-state index in [1.54, 1.807) is 0 Å². The molecule has 1 rings (SSSR count). The fourth-order valence-corrected chi connectivity index (χ4v) is 2.66. The summed E-state index contributed by atoms with van der Waals surface area (Å²) in [5.41, 5.74) is 0. The number of hydrogen-bond donors (Lipinski definition) is 0. The van der Waals surface area contributed by atoms with E-state index in [1.807, 2.05) is 0 Å². The second kappa shape index (κ2) is 6.81. The van der Waals surface area contributed by atoms with Crippen molar-refractivity contribution in [1.29, 1.82) is 0 Å². The Morgan fingerprint density at radius 1 is 1.36 bits per heavy atom. The fraction of sp³-hybridized carbons (Fsp3) is 1.00. The van der Waals surface area contributed by atoms with Gasteiger partial charge >= 0.3 is 0 Å². The second-order valence-electron chi connectivity index (χ2n) is 4.47. The topological polar surface area (TPSA) is 6.48 Å². The molecule has 0 amide bonds. The average Bonchev–Trinajstić information content (AvgIpc) is 2.17. The van der Waals surface area contributed by atoms with Crippen LogP contribution in [-0.4, -0.2) is 54.9 Å². The van der Waals surface area contributed by atoms with E-state index >= 15 is 0 Å². The van der Waals surface area contributed by atoms with E-state index in [2.05, 4.69) is 39.8 Å². The molecule has 1 aliphatic rings. The Morgan fingerprint density at radius 3 is 2.79 bits per heavy atom. The van der Waals surface area contributed by atoms with Crippen LogP contribution in [0.5, 0.6) is 0 Å². The smallest absolute Gasteiger partial charge is 0.0112 e. The molecular formula is C11H23BrN2. The molecular weight excluding hydrogens is 240 g/mol. The zero-order chi connectivity index (χ0) is 10.4. The number of piperidine rings is 1. The summed E-state index contributed by atoms with van der Waals surface area (Å²) in [6, 6.07) is 0.836. The van der Waals surface area contributed by atoms with Crippen molar-refractivity contribution in [3.63, 3.8) is 0 Å². The normalized spacial score (nSPS) is 24.4. The average molecular weight is 263 g/mol. The van der Waals surface area contributed by atoms with Crippen LogP contribution >= 0.6 is 15.9 Å². The van der Waals surface area contributed by atoms with Gasteiger partial charge in [0.2, 0.25) is 0 Å². The zero-order valence-corrected chi connectivity index (χ0v) is 11.1. The molecule has 1 heterocycles. The molecule has 1 unspecified atom stereocenters. The molecule has 1 fully saturated rings. The summed E-state index contributed by atoms with van der Waals surface area (Å²) in [7, 11) is 4.31. The predicted octanol–water partition coefficient (Wildman–Crippen LogP) is 2.19. The van der Waals surface area contributed by atoms with Crippen LogP contribution in [0, 0.1) is 0 Å². The van der Waals surface area contributed by atoms with Gasteiger partial charge in [0.25, 0.3) is 0 Å². The largest absolute Gasteiger partial charge is 0.308 e. The van der Waals surface area contributed by atoms with Crippen LogP contribution in [-0.2, 0) is 0 Å². The summed E-state index contributed by atoms with van der Waals surface area (Å²) in [5.74, 6) is 0. The number of nitrogens with zero attached hydrogens (tertiary/aromatic N) is 2. The molecule has 0 aliphatic carbocycles. The number of halogens is 1. The lowest BCUT2D eigenvalue weighted by atomic mass is 10.0. The maximum Gasteiger partial charge on any atom is 0.0112 e. The van der Waals surface area contributed by atoms with E-state index in [0.717, 1.165) is 11.4 Å². The summed E-state index contributed by atoms with van der Waals surface area (Å²) >= 11 is 3.56. The van der Waals surface area contributed by atoms with Crippen LogP contribution in [0.1, 0.15) is 25.7 Å². The van der Waals surface area contributed by atoms with E-state index in [1.165, 1.54) is 45.3 Å². The van der Waals surface area contributed by atoms with Gasteiger partial charge in [-0.1, -0.05) is 22.4 Å². The van der Waals surface area contributed by atoms with E-state index < -0.39 is 0 Å². The summed E-state index contributed by atoms with van der Waals surface area (Å²) in [6.07, 6.45) is 5.54. The highest BCUT2D eigenvalue weighted by Gasteiger charge is 2.20. The first-order chi connectivity index (χ1) is 6.74. The molecule has 0 radical (unpaired) electrons. The monoisotopic (exact) mass is 262 g/mol. The highest BCUT2D eigenvalue weighted by atomic mass is 79.9. The molecule has 2 nitrogen and oxygen atoms in total. The van der Waals surface area contributed by atoms with E-state index in [0.29, 0.717) is 0 Å². The number of likely N-dealkylation sites (tertiary alicyclic amines) is 1. The summed E-state index contributed by atoms with van der Waals surface area (Å²) in [4.78, 5) is 4.95. The maximum absolute atomic E-state index is 3.56.